The van der Waals surface area contributed by atoms with Crippen molar-refractivity contribution < 1.29 is 35.9 Å². The number of rotatable bonds is 4. The number of aryl methyl sites for hydroxylation is 1. The van der Waals surface area contributed by atoms with E-state index in [-0.39, 0.29) is 13.1 Å². The van der Waals surface area contributed by atoms with Crippen LogP contribution < -0.4 is 0 Å². The second-order valence-corrected chi connectivity index (χ2v) is 8.55. The first kappa shape index (κ1) is 22.8. The summed E-state index contributed by atoms with van der Waals surface area (Å²) in [7, 11) is 0.357. The molecule has 0 saturated carbocycles. The van der Waals surface area contributed by atoms with Gasteiger partial charge in [-0.05, 0) is 38.7 Å². The zero-order chi connectivity index (χ0) is 22.0. The van der Waals surface area contributed by atoms with E-state index in [2.05, 4.69) is 4.98 Å². The molecule has 0 spiro atoms. The van der Waals surface area contributed by atoms with Gasteiger partial charge in [-0.25, -0.2) is 18.2 Å². The number of hydrogen-bond acceptors (Lipinski definition) is 6. The van der Waals surface area contributed by atoms with E-state index in [0.717, 1.165) is 5.56 Å². The van der Waals surface area contributed by atoms with Gasteiger partial charge in [-0.3, -0.25) is 0 Å². The largest absolute Gasteiger partial charge is 0.490 e. The highest BCUT2D eigenvalue weighted by molar-refractivity contribution is 7.89. The van der Waals surface area contributed by atoms with Crippen LogP contribution >= 0.6 is 0 Å². The molecule has 1 aromatic carbocycles. The smallest absolute Gasteiger partial charge is 0.475 e. The third-order valence-electron chi connectivity index (χ3n) is 3.79. The zero-order valence-electron chi connectivity index (χ0n) is 15.9. The maximum atomic E-state index is 12.7. The predicted molar refractivity (Wildman–Crippen MR) is 95.2 cm³/mol. The highest BCUT2D eigenvalue weighted by Crippen LogP contribution is 2.29. The van der Waals surface area contributed by atoms with Gasteiger partial charge in [0.15, 0.2) is 0 Å². The molecule has 1 N–H and O–H groups in total. The highest BCUT2D eigenvalue weighted by atomic mass is 32.2. The monoisotopic (exact) mass is 435 g/mol. The number of halogens is 3. The SMILES string of the molecule is Cc1cccc(S(=O)(=O)N2Cc3nc(CN(C)C)oc3C2)c1.O=C(O)C(F)(F)F. The molecule has 1 aliphatic rings. The standard InChI is InChI=1S/C15H19N3O3S.C2HF3O2/c1-11-5-4-6-12(7-11)22(19,20)18-8-13-14(9-18)21-15(16-13)10-17(2)3;3-2(4,5)1(6)7/h4-7H,8-10H2,1-3H3;(H,6,7). The summed E-state index contributed by atoms with van der Waals surface area (Å²) in [6, 6.07) is 6.93. The molecule has 0 aliphatic carbocycles. The Morgan fingerprint density at radius 1 is 1.31 bits per heavy atom. The van der Waals surface area contributed by atoms with Crippen molar-refractivity contribution in [3.8, 4) is 0 Å². The van der Waals surface area contributed by atoms with Crippen molar-refractivity contribution in [1.29, 1.82) is 0 Å². The van der Waals surface area contributed by atoms with Gasteiger partial charge >= 0.3 is 12.1 Å². The molecule has 0 fully saturated rings. The van der Waals surface area contributed by atoms with Gasteiger partial charge in [-0.2, -0.15) is 17.5 Å². The van der Waals surface area contributed by atoms with Crippen molar-refractivity contribution in [3.63, 3.8) is 0 Å². The van der Waals surface area contributed by atoms with E-state index in [0.29, 0.717) is 28.8 Å². The third-order valence-corrected chi connectivity index (χ3v) is 5.58. The Morgan fingerprint density at radius 2 is 1.93 bits per heavy atom. The van der Waals surface area contributed by atoms with Crippen LogP contribution in [0.25, 0.3) is 0 Å². The molecule has 0 atom stereocenters. The minimum absolute atomic E-state index is 0.242. The Hall–Kier alpha value is -2.44. The van der Waals surface area contributed by atoms with Crippen molar-refractivity contribution in [2.45, 2.75) is 37.6 Å². The molecule has 0 unspecified atom stereocenters. The molecule has 0 bridgehead atoms. The van der Waals surface area contributed by atoms with Crippen LogP contribution in [-0.4, -0.2) is 54.0 Å². The molecule has 29 heavy (non-hydrogen) atoms. The van der Waals surface area contributed by atoms with Crippen LogP contribution in [0.4, 0.5) is 13.2 Å². The lowest BCUT2D eigenvalue weighted by molar-refractivity contribution is -0.192. The Morgan fingerprint density at radius 3 is 2.41 bits per heavy atom. The van der Waals surface area contributed by atoms with E-state index in [1.54, 1.807) is 18.2 Å². The lowest BCUT2D eigenvalue weighted by Crippen LogP contribution is -2.26. The van der Waals surface area contributed by atoms with Crippen LogP contribution in [0.1, 0.15) is 22.9 Å². The quantitative estimate of drug-likeness (QED) is 0.786. The Labute approximate surface area is 165 Å². The summed E-state index contributed by atoms with van der Waals surface area (Å²) >= 11 is 0. The number of hydrogen-bond donors (Lipinski definition) is 1. The van der Waals surface area contributed by atoms with E-state index in [1.807, 2.05) is 32.0 Å². The average Bonchev–Trinajstić information content (AvgIpc) is 3.12. The fraction of sp³-hybridized carbons (Fsp3) is 0.412. The number of alkyl halides is 3. The maximum absolute atomic E-state index is 12.7. The molecule has 160 valence electrons. The van der Waals surface area contributed by atoms with Gasteiger partial charge in [0.05, 0.1) is 30.2 Å². The molecule has 1 aliphatic heterocycles. The number of carboxylic acids is 1. The fourth-order valence-corrected chi connectivity index (χ4v) is 3.96. The van der Waals surface area contributed by atoms with E-state index < -0.39 is 22.2 Å². The number of nitrogens with zero attached hydrogens (tertiary/aromatic N) is 3. The zero-order valence-corrected chi connectivity index (χ0v) is 16.7. The lowest BCUT2D eigenvalue weighted by Gasteiger charge is -2.15. The third kappa shape index (κ3) is 5.78. The van der Waals surface area contributed by atoms with Gasteiger partial charge in [0, 0.05) is 0 Å². The highest BCUT2D eigenvalue weighted by Gasteiger charge is 2.38. The van der Waals surface area contributed by atoms with Crippen molar-refractivity contribution in [2.75, 3.05) is 14.1 Å². The molecule has 12 heteroatoms. The summed E-state index contributed by atoms with van der Waals surface area (Å²) in [6.07, 6.45) is -5.08. The van der Waals surface area contributed by atoms with Crippen LogP contribution in [0.5, 0.6) is 0 Å². The number of aliphatic carboxylic acids is 1. The van der Waals surface area contributed by atoms with Gasteiger partial charge in [0.25, 0.3) is 0 Å². The van der Waals surface area contributed by atoms with E-state index in [4.69, 9.17) is 14.3 Å². The minimum atomic E-state index is -5.08. The maximum Gasteiger partial charge on any atom is 0.490 e. The van der Waals surface area contributed by atoms with Crippen LogP contribution in [0, 0.1) is 6.92 Å². The van der Waals surface area contributed by atoms with E-state index in [1.165, 1.54) is 4.31 Å². The van der Waals surface area contributed by atoms with E-state index in [9.17, 15) is 21.6 Å². The molecule has 2 heterocycles. The number of oxazole rings is 1. The van der Waals surface area contributed by atoms with Crippen LogP contribution in [0.2, 0.25) is 0 Å². The number of carbonyl (C=O) groups is 1. The number of sulfonamides is 1. The van der Waals surface area contributed by atoms with Gasteiger partial charge in [0.1, 0.15) is 5.76 Å². The second kappa shape index (κ2) is 8.51. The number of benzene rings is 1. The number of aromatic nitrogens is 1. The fourth-order valence-electron chi connectivity index (χ4n) is 2.50. The Balaban J connectivity index is 0.000000370. The Kier molecular flexibility index (Phi) is 6.71. The first-order valence-electron chi connectivity index (χ1n) is 8.30. The molecular weight excluding hydrogens is 415 g/mol. The molecular formula is C17H20F3N3O5S. The molecule has 3 rings (SSSR count). The lowest BCUT2D eigenvalue weighted by atomic mass is 10.2. The summed E-state index contributed by atoms with van der Waals surface area (Å²) in [5.74, 6) is -1.48. The molecule has 0 saturated heterocycles. The molecule has 1 aromatic heterocycles. The summed E-state index contributed by atoms with van der Waals surface area (Å²) in [6.45, 7) is 2.99. The first-order valence-corrected chi connectivity index (χ1v) is 9.74. The summed E-state index contributed by atoms with van der Waals surface area (Å²) in [5.41, 5.74) is 1.64. The topological polar surface area (TPSA) is 104 Å². The van der Waals surface area contributed by atoms with Gasteiger partial charge in [-0.15, -0.1) is 0 Å². The molecule has 2 aromatic rings. The van der Waals surface area contributed by atoms with Crippen LogP contribution in [0.3, 0.4) is 0 Å². The second-order valence-electron chi connectivity index (χ2n) is 6.61. The van der Waals surface area contributed by atoms with Gasteiger partial charge in [0.2, 0.25) is 15.9 Å². The molecule has 0 amide bonds. The van der Waals surface area contributed by atoms with Gasteiger partial charge < -0.3 is 14.4 Å². The normalized spacial score (nSPS) is 14.4. The van der Waals surface area contributed by atoms with Crippen LogP contribution in [-0.2, 0) is 34.5 Å². The predicted octanol–water partition coefficient (Wildman–Crippen LogP) is 2.38. The average molecular weight is 435 g/mol. The summed E-state index contributed by atoms with van der Waals surface area (Å²) in [5, 5.41) is 7.12. The van der Waals surface area contributed by atoms with Crippen molar-refractivity contribution in [1.82, 2.24) is 14.2 Å². The van der Waals surface area contributed by atoms with Crippen molar-refractivity contribution in [3.05, 3.63) is 47.2 Å². The van der Waals surface area contributed by atoms with Gasteiger partial charge in [-0.1, -0.05) is 12.1 Å². The first-order chi connectivity index (χ1) is 13.3. The summed E-state index contributed by atoms with van der Waals surface area (Å²) in [4.78, 5) is 15.6. The number of fused-ring (bicyclic) bond motifs is 1. The molecule has 8 nitrogen and oxygen atoms in total. The Bertz CT molecular complexity index is 963. The summed E-state index contributed by atoms with van der Waals surface area (Å²) < 4.78 is 64.1. The van der Waals surface area contributed by atoms with Crippen molar-refractivity contribution in [2.24, 2.45) is 0 Å². The van der Waals surface area contributed by atoms with Crippen LogP contribution in [0.15, 0.2) is 33.6 Å². The minimum Gasteiger partial charge on any atom is -0.475 e. The van der Waals surface area contributed by atoms with E-state index >= 15 is 0 Å². The van der Waals surface area contributed by atoms with Crippen molar-refractivity contribution >= 4 is 16.0 Å². The number of carboxylic acid groups (broad SMARTS) is 1. The molecule has 0 radical (unpaired) electrons.